The smallest absolute Gasteiger partial charge is 0.310 e. The van der Waals surface area contributed by atoms with Crippen LogP contribution in [0.15, 0.2) is 11.8 Å². The molecule has 0 amide bonds. The lowest BCUT2D eigenvalue weighted by molar-refractivity contribution is -0.146. The number of hydrogen-bond acceptors (Lipinski definition) is 5. The third-order valence-electron chi connectivity index (χ3n) is 3.92. The molecule has 0 radical (unpaired) electrons. The van der Waals surface area contributed by atoms with Crippen LogP contribution in [0.4, 0.5) is 0 Å². The first-order valence-electron chi connectivity index (χ1n) is 6.16. The van der Waals surface area contributed by atoms with Gasteiger partial charge in [-0.2, -0.15) is 0 Å². The number of hydrogen-bond donors (Lipinski definition) is 0. The summed E-state index contributed by atoms with van der Waals surface area (Å²) in [5.74, 6) is -0.232. The van der Waals surface area contributed by atoms with Gasteiger partial charge in [-0.05, 0) is 19.9 Å². The van der Waals surface area contributed by atoms with E-state index in [9.17, 15) is 9.59 Å². The number of rotatable bonds is 2. The lowest BCUT2D eigenvalue weighted by Crippen LogP contribution is -2.45. The monoisotopic (exact) mass is 252 g/mol. The van der Waals surface area contributed by atoms with E-state index in [4.69, 9.17) is 4.74 Å². The minimum atomic E-state index is -0.201. The summed E-state index contributed by atoms with van der Waals surface area (Å²) < 4.78 is 4.84. The standard InChI is InChI=1S/C13H20N2O3/c1-14(2)7-8-5-10-9(13(17)18-4)6-11(12(8)16)15(10)3/h7,9-11H,5-6H2,1-4H3/b8-7-. The van der Waals surface area contributed by atoms with E-state index in [-0.39, 0.29) is 29.8 Å². The molecule has 3 unspecified atom stereocenters. The van der Waals surface area contributed by atoms with Crippen LogP contribution in [0.5, 0.6) is 0 Å². The fraction of sp³-hybridized carbons (Fsp3) is 0.692. The molecule has 0 aromatic heterocycles. The van der Waals surface area contributed by atoms with Gasteiger partial charge in [0.1, 0.15) is 0 Å². The molecule has 0 aromatic rings. The van der Waals surface area contributed by atoms with Crippen LogP contribution >= 0.6 is 0 Å². The van der Waals surface area contributed by atoms with E-state index < -0.39 is 0 Å². The summed E-state index contributed by atoms with van der Waals surface area (Å²) in [5.41, 5.74) is 0.819. The summed E-state index contributed by atoms with van der Waals surface area (Å²) in [5, 5.41) is 0. The van der Waals surface area contributed by atoms with Gasteiger partial charge in [0.2, 0.25) is 0 Å². The van der Waals surface area contributed by atoms with Crippen molar-refractivity contribution in [2.45, 2.75) is 24.9 Å². The van der Waals surface area contributed by atoms with E-state index in [2.05, 4.69) is 0 Å². The molecule has 5 heteroatoms. The van der Waals surface area contributed by atoms with Gasteiger partial charge in [-0.25, -0.2) is 0 Å². The van der Waals surface area contributed by atoms with E-state index in [1.807, 2.05) is 37.1 Å². The number of ketones is 1. The summed E-state index contributed by atoms with van der Waals surface area (Å²) in [7, 11) is 7.13. The van der Waals surface area contributed by atoms with Gasteiger partial charge in [0.05, 0.1) is 19.1 Å². The van der Waals surface area contributed by atoms with Gasteiger partial charge < -0.3 is 9.64 Å². The number of nitrogens with zero attached hydrogens (tertiary/aromatic N) is 2. The molecule has 3 atom stereocenters. The molecule has 2 saturated heterocycles. The molecule has 0 N–H and O–H groups in total. The lowest BCUT2D eigenvalue weighted by atomic mass is 9.94. The Labute approximate surface area is 107 Å². The van der Waals surface area contributed by atoms with Crippen LogP contribution in [0.1, 0.15) is 12.8 Å². The van der Waals surface area contributed by atoms with Gasteiger partial charge in [-0.3, -0.25) is 14.5 Å². The minimum Gasteiger partial charge on any atom is -0.469 e. The normalized spacial score (nSPS) is 33.9. The van der Waals surface area contributed by atoms with Crippen LogP contribution in [0, 0.1) is 5.92 Å². The van der Waals surface area contributed by atoms with Gasteiger partial charge in [0.15, 0.2) is 5.78 Å². The molecule has 18 heavy (non-hydrogen) atoms. The van der Waals surface area contributed by atoms with Gasteiger partial charge in [0, 0.05) is 31.9 Å². The Hall–Kier alpha value is -1.36. The van der Waals surface area contributed by atoms with Crippen LogP contribution in [0.25, 0.3) is 0 Å². The van der Waals surface area contributed by atoms with Crippen LogP contribution in [-0.4, -0.2) is 61.9 Å². The van der Waals surface area contributed by atoms with Crippen molar-refractivity contribution < 1.29 is 14.3 Å². The molecule has 2 bridgehead atoms. The number of esters is 1. The van der Waals surface area contributed by atoms with Gasteiger partial charge in [0.25, 0.3) is 0 Å². The molecular weight excluding hydrogens is 232 g/mol. The Kier molecular flexibility index (Phi) is 3.43. The first-order valence-corrected chi connectivity index (χ1v) is 6.16. The average Bonchev–Trinajstić information content (AvgIpc) is 2.55. The molecule has 5 nitrogen and oxygen atoms in total. The van der Waals surface area contributed by atoms with Gasteiger partial charge >= 0.3 is 5.97 Å². The van der Waals surface area contributed by atoms with Crippen molar-refractivity contribution in [3.05, 3.63) is 11.8 Å². The van der Waals surface area contributed by atoms with Crippen LogP contribution in [-0.2, 0) is 14.3 Å². The molecule has 0 aliphatic carbocycles. The topological polar surface area (TPSA) is 49.9 Å². The highest BCUT2D eigenvalue weighted by molar-refractivity contribution is 6.01. The van der Waals surface area contributed by atoms with Crippen molar-refractivity contribution in [2.75, 3.05) is 28.3 Å². The van der Waals surface area contributed by atoms with Gasteiger partial charge in [-0.15, -0.1) is 0 Å². The predicted molar refractivity (Wildman–Crippen MR) is 66.9 cm³/mol. The minimum absolute atomic E-state index is 0.0892. The molecular formula is C13H20N2O3. The zero-order valence-electron chi connectivity index (χ0n) is 11.3. The number of methoxy groups -OCH3 is 1. The van der Waals surface area contributed by atoms with Crippen molar-refractivity contribution in [1.82, 2.24) is 9.80 Å². The van der Waals surface area contributed by atoms with E-state index >= 15 is 0 Å². The number of ether oxygens (including phenoxy) is 1. The third kappa shape index (κ3) is 2.03. The second kappa shape index (κ2) is 4.72. The largest absolute Gasteiger partial charge is 0.469 e. The molecule has 2 aliphatic rings. The number of carbonyl (C=O) groups excluding carboxylic acids is 2. The van der Waals surface area contributed by atoms with Crippen LogP contribution in [0.3, 0.4) is 0 Å². The Bertz CT molecular complexity index is 403. The van der Waals surface area contributed by atoms with Gasteiger partial charge in [-0.1, -0.05) is 0 Å². The zero-order chi connectivity index (χ0) is 13.4. The maximum Gasteiger partial charge on any atom is 0.310 e. The molecule has 2 aliphatic heterocycles. The summed E-state index contributed by atoms with van der Waals surface area (Å²) in [6.45, 7) is 0. The molecule has 0 aromatic carbocycles. The average molecular weight is 252 g/mol. The molecule has 0 saturated carbocycles. The molecule has 100 valence electrons. The molecule has 2 heterocycles. The van der Waals surface area contributed by atoms with Crippen molar-refractivity contribution in [3.8, 4) is 0 Å². The SMILES string of the molecule is COC(=O)C1CC2C(=O)/C(=C\N(C)C)CC1N2C. The van der Waals surface area contributed by atoms with Crippen molar-refractivity contribution in [3.63, 3.8) is 0 Å². The Morgan fingerprint density at radius 3 is 2.72 bits per heavy atom. The highest BCUT2D eigenvalue weighted by Gasteiger charge is 2.50. The summed E-state index contributed by atoms with van der Waals surface area (Å²) in [4.78, 5) is 27.9. The van der Waals surface area contributed by atoms with Crippen molar-refractivity contribution >= 4 is 11.8 Å². The Balaban J connectivity index is 2.26. The molecule has 2 rings (SSSR count). The maximum absolute atomic E-state index is 12.3. The Morgan fingerprint density at radius 1 is 1.50 bits per heavy atom. The number of piperidine rings is 1. The summed E-state index contributed by atoms with van der Waals surface area (Å²) >= 11 is 0. The second-order valence-corrected chi connectivity index (χ2v) is 5.30. The summed E-state index contributed by atoms with van der Waals surface area (Å²) in [6.07, 6.45) is 3.08. The van der Waals surface area contributed by atoms with E-state index in [1.54, 1.807) is 0 Å². The second-order valence-electron chi connectivity index (χ2n) is 5.30. The fourth-order valence-corrected chi connectivity index (χ4v) is 3.03. The molecule has 2 fully saturated rings. The summed E-state index contributed by atoms with van der Waals surface area (Å²) in [6, 6.07) is -0.0783. The zero-order valence-corrected chi connectivity index (χ0v) is 11.3. The number of likely N-dealkylation sites (N-methyl/N-ethyl adjacent to an activating group) is 1. The van der Waals surface area contributed by atoms with E-state index in [1.165, 1.54) is 7.11 Å². The first-order chi connectivity index (χ1) is 8.45. The fourth-order valence-electron chi connectivity index (χ4n) is 3.03. The number of Topliss-reactive ketones (excluding diaryl/α,β-unsaturated/α-hetero) is 1. The highest BCUT2D eigenvalue weighted by Crippen LogP contribution is 2.39. The molecule has 0 spiro atoms. The van der Waals surface area contributed by atoms with Crippen molar-refractivity contribution in [2.24, 2.45) is 5.92 Å². The maximum atomic E-state index is 12.3. The van der Waals surface area contributed by atoms with E-state index in [0.29, 0.717) is 12.8 Å². The van der Waals surface area contributed by atoms with Crippen LogP contribution in [0.2, 0.25) is 0 Å². The Morgan fingerprint density at radius 2 is 2.17 bits per heavy atom. The number of carbonyl (C=O) groups is 2. The number of fused-ring (bicyclic) bond motifs is 2. The van der Waals surface area contributed by atoms with Crippen molar-refractivity contribution in [1.29, 1.82) is 0 Å². The third-order valence-corrected chi connectivity index (χ3v) is 3.92. The quantitative estimate of drug-likeness (QED) is 0.521. The van der Waals surface area contributed by atoms with Crippen LogP contribution < -0.4 is 0 Å². The lowest BCUT2D eigenvalue weighted by Gasteiger charge is -2.32. The first kappa shape index (κ1) is 13.1. The predicted octanol–water partition coefficient (Wildman–Crippen LogP) is 0.267. The van der Waals surface area contributed by atoms with E-state index in [0.717, 1.165) is 5.57 Å². The highest BCUT2D eigenvalue weighted by atomic mass is 16.5.